The van der Waals surface area contributed by atoms with E-state index in [4.69, 9.17) is 9.41 Å². The Hall–Kier alpha value is -2.44. The van der Waals surface area contributed by atoms with Crippen molar-refractivity contribution < 1.29 is 9.22 Å². The van der Waals surface area contributed by atoms with Crippen LogP contribution in [-0.4, -0.2) is 29.6 Å². The number of aromatic nitrogens is 2. The van der Waals surface area contributed by atoms with Crippen molar-refractivity contribution in [1.82, 2.24) is 9.38 Å². The summed E-state index contributed by atoms with van der Waals surface area (Å²) in [7, 11) is -2.17. The van der Waals surface area contributed by atoms with Gasteiger partial charge in [-0.15, -0.1) is 0 Å². The third-order valence-corrected chi connectivity index (χ3v) is 11.2. The van der Waals surface area contributed by atoms with Gasteiger partial charge in [0.25, 0.3) is 0 Å². The number of ketones is 1. The van der Waals surface area contributed by atoms with Gasteiger partial charge in [0.05, 0.1) is 17.4 Å². The van der Waals surface area contributed by atoms with Crippen LogP contribution in [0.1, 0.15) is 54.1 Å². The molecular weight excluding hydrogens is 390 g/mol. The Bertz CT molecular complexity index is 1110. The van der Waals surface area contributed by atoms with E-state index in [1.165, 1.54) is 0 Å². The first-order chi connectivity index (χ1) is 14.0. The predicted molar refractivity (Wildman–Crippen MR) is 124 cm³/mol. The van der Waals surface area contributed by atoms with Crippen molar-refractivity contribution in [3.63, 3.8) is 0 Å². The number of anilines is 1. The minimum Gasteiger partial charge on any atom is -0.404 e. The largest absolute Gasteiger partial charge is 0.404 e. The molecule has 1 N–H and O–H groups in total. The van der Waals surface area contributed by atoms with Gasteiger partial charge in [0.1, 0.15) is 6.10 Å². The number of nitrogens with one attached hydrogen (secondary N) is 1. The van der Waals surface area contributed by atoms with Gasteiger partial charge in [-0.1, -0.05) is 51.1 Å². The molecule has 0 radical (unpaired) electrons. The van der Waals surface area contributed by atoms with Crippen molar-refractivity contribution in [3.05, 3.63) is 65.1 Å². The number of fused-ring (bicyclic) bond motifs is 3. The number of hydrogen-bond donors (Lipinski definition) is 1. The molecule has 1 aliphatic heterocycles. The van der Waals surface area contributed by atoms with Gasteiger partial charge in [0.15, 0.2) is 19.7 Å². The molecule has 1 aliphatic rings. The molecule has 0 bridgehead atoms. The molecule has 1 unspecified atom stereocenters. The van der Waals surface area contributed by atoms with Gasteiger partial charge in [-0.05, 0) is 43.6 Å². The van der Waals surface area contributed by atoms with Gasteiger partial charge in [-0.3, -0.25) is 4.79 Å². The first kappa shape index (κ1) is 20.8. The topological polar surface area (TPSA) is 55.6 Å². The molecule has 2 atom stereocenters. The maximum atomic E-state index is 13.8. The molecule has 0 amide bonds. The lowest BCUT2D eigenvalue weighted by Gasteiger charge is -2.43. The molecular formula is C24H31N3O2Si. The summed E-state index contributed by atoms with van der Waals surface area (Å²) in [5.41, 5.74) is 5.34. The van der Waals surface area contributed by atoms with Crippen LogP contribution in [0, 0.1) is 13.8 Å². The highest BCUT2D eigenvalue weighted by atomic mass is 28.4. The normalized spacial score (nSPS) is 19.6. The first-order valence-corrected chi connectivity index (χ1v) is 13.4. The molecule has 1 aromatic carbocycles. The number of rotatable bonds is 3. The third-order valence-electron chi connectivity index (χ3n) is 6.78. The second-order valence-corrected chi connectivity index (χ2v) is 14.5. The van der Waals surface area contributed by atoms with Crippen LogP contribution in [0.3, 0.4) is 0 Å². The lowest BCUT2D eigenvalue weighted by Crippen LogP contribution is -2.50. The zero-order valence-corrected chi connectivity index (χ0v) is 19.9. The molecule has 6 heteroatoms. The highest BCUT2D eigenvalue weighted by Crippen LogP contribution is 2.43. The number of carbonyl (C=O) groups is 1. The Kier molecular flexibility index (Phi) is 4.90. The Morgan fingerprint density at radius 1 is 1.10 bits per heavy atom. The van der Waals surface area contributed by atoms with Gasteiger partial charge >= 0.3 is 0 Å². The summed E-state index contributed by atoms with van der Waals surface area (Å²) in [5.74, 6) is 0.0308. The summed E-state index contributed by atoms with van der Waals surface area (Å²) in [6, 6.07) is 11.7. The number of nitrogens with zero attached hydrogens (tertiary/aromatic N) is 2. The second kappa shape index (κ2) is 7.06. The monoisotopic (exact) mass is 421 g/mol. The summed E-state index contributed by atoms with van der Waals surface area (Å²) >= 11 is 0. The number of benzene rings is 1. The molecule has 2 aromatic heterocycles. The summed E-state index contributed by atoms with van der Waals surface area (Å²) in [6.07, 6.45) is 1.37. The Labute approximate surface area is 179 Å². The van der Waals surface area contributed by atoms with Crippen molar-refractivity contribution >= 4 is 25.4 Å². The van der Waals surface area contributed by atoms with E-state index in [2.05, 4.69) is 51.3 Å². The van der Waals surface area contributed by atoms with Crippen molar-refractivity contribution in [2.45, 2.75) is 64.9 Å². The zero-order chi connectivity index (χ0) is 21.8. The Balaban J connectivity index is 1.87. The summed E-state index contributed by atoms with van der Waals surface area (Å²) in [4.78, 5) is 18.5. The fourth-order valence-corrected chi connectivity index (χ4v) is 4.99. The lowest BCUT2D eigenvalue weighted by atomic mass is 9.90. The number of imidazole rings is 1. The summed E-state index contributed by atoms with van der Waals surface area (Å²) in [5, 5.41) is 3.65. The standard InChI is InChI=1S/C24H31N3O2Si/c1-15-16(2)27-14-13-18-20(23(27)25-15)26-19(17-11-9-8-10-12-17)22(21(18)28)29-30(6,7)24(3,4)5/h8-14,19,22,26H,1-7H3/t19-,22?/m1/s1. The van der Waals surface area contributed by atoms with Gasteiger partial charge in [-0.2, -0.15) is 0 Å². The number of Topliss-reactive ketones (excluding diaryl/α,β-unsaturated/α-hetero) is 1. The molecule has 3 heterocycles. The van der Waals surface area contributed by atoms with E-state index >= 15 is 0 Å². The zero-order valence-electron chi connectivity index (χ0n) is 18.9. The molecule has 0 saturated heterocycles. The predicted octanol–water partition coefficient (Wildman–Crippen LogP) is 5.69. The number of carbonyl (C=O) groups excluding carboxylic acids is 1. The van der Waals surface area contributed by atoms with E-state index in [-0.39, 0.29) is 16.9 Å². The van der Waals surface area contributed by atoms with E-state index < -0.39 is 14.4 Å². The van der Waals surface area contributed by atoms with E-state index in [1.54, 1.807) is 0 Å². The maximum Gasteiger partial charge on any atom is 0.195 e. The highest BCUT2D eigenvalue weighted by molar-refractivity contribution is 6.74. The Morgan fingerprint density at radius 3 is 2.40 bits per heavy atom. The third kappa shape index (κ3) is 3.28. The minimum atomic E-state index is -2.17. The van der Waals surface area contributed by atoms with Gasteiger partial charge < -0.3 is 14.1 Å². The maximum absolute atomic E-state index is 13.8. The molecule has 0 spiro atoms. The van der Waals surface area contributed by atoms with Crippen molar-refractivity contribution in [2.24, 2.45) is 0 Å². The Morgan fingerprint density at radius 2 is 1.77 bits per heavy atom. The average molecular weight is 422 g/mol. The van der Waals surface area contributed by atoms with Crippen LogP contribution in [0.2, 0.25) is 18.1 Å². The van der Waals surface area contributed by atoms with Crippen LogP contribution >= 0.6 is 0 Å². The van der Waals surface area contributed by atoms with Crippen molar-refractivity contribution in [2.75, 3.05) is 5.32 Å². The van der Waals surface area contributed by atoms with E-state index in [0.717, 1.165) is 28.3 Å². The molecule has 0 aliphatic carbocycles. The van der Waals surface area contributed by atoms with E-state index in [0.29, 0.717) is 5.56 Å². The SMILES string of the molecule is Cc1nc2c3c(ccn2c1C)C(=O)C(O[Si](C)(C)C(C)(C)C)[C@@H](c1ccccc1)N3. The van der Waals surface area contributed by atoms with Crippen LogP contribution in [0.5, 0.6) is 0 Å². The quantitative estimate of drug-likeness (QED) is 0.552. The second-order valence-electron chi connectivity index (χ2n) is 9.78. The van der Waals surface area contributed by atoms with Gasteiger partial charge in [-0.25, -0.2) is 4.98 Å². The van der Waals surface area contributed by atoms with E-state index in [9.17, 15) is 4.79 Å². The van der Waals surface area contributed by atoms with Crippen LogP contribution < -0.4 is 5.32 Å². The first-order valence-electron chi connectivity index (χ1n) is 10.5. The summed E-state index contributed by atoms with van der Waals surface area (Å²) in [6.45, 7) is 15.0. The summed E-state index contributed by atoms with van der Waals surface area (Å²) < 4.78 is 8.77. The fourth-order valence-electron chi connectivity index (χ4n) is 3.76. The van der Waals surface area contributed by atoms with Crippen molar-refractivity contribution in [3.8, 4) is 0 Å². The number of hydrogen-bond acceptors (Lipinski definition) is 4. The minimum absolute atomic E-state index is 0.00998. The van der Waals surface area contributed by atoms with E-state index in [1.807, 2.05) is 48.7 Å². The smallest absolute Gasteiger partial charge is 0.195 e. The molecule has 3 aromatic rings. The van der Waals surface area contributed by atoms with Gasteiger partial charge in [0.2, 0.25) is 0 Å². The van der Waals surface area contributed by atoms with Crippen LogP contribution in [-0.2, 0) is 4.43 Å². The molecule has 158 valence electrons. The van der Waals surface area contributed by atoms with Gasteiger partial charge in [0, 0.05) is 17.5 Å². The molecule has 0 fully saturated rings. The number of pyridine rings is 1. The number of aryl methyl sites for hydroxylation is 2. The average Bonchev–Trinajstić information content (AvgIpc) is 2.98. The molecule has 0 saturated carbocycles. The van der Waals surface area contributed by atoms with Crippen LogP contribution in [0.15, 0.2) is 42.6 Å². The molecule has 4 rings (SSSR count). The fraction of sp³-hybridized carbons (Fsp3) is 0.417. The van der Waals surface area contributed by atoms with Crippen LogP contribution in [0.4, 0.5) is 5.69 Å². The van der Waals surface area contributed by atoms with Crippen LogP contribution in [0.25, 0.3) is 5.65 Å². The molecule has 30 heavy (non-hydrogen) atoms. The molecule has 5 nitrogen and oxygen atoms in total. The lowest BCUT2D eigenvalue weighted by molar-refractivity contribution is 0.0719. The highest BCUT2D eigenvalue weighted by Gasteiger charge is 2.46. The van der Waals surface area contributed by atoms with Crippen molar-refractivity contribution in [1.29, 1.82) is 0 Å².